The molecule has 0 spiro atoms. The fraction of sp³-hybridized carbons (Fsp3) is 0.353. The molecule has 0 unspecified atom stereocenters. The third-order valence-electron chi connectivity index (χ3n) is 4.65. The molecule has 0 aliphatic carbocycles. The first-order valence-electron chi connectivity index (χ1n) is 8.12. The zero-order valence-corrected chi connectivity index (χ0v) is 13.3. The zero-order chi connectivity index (χ0) is 16.5. The number of benzene rings is 1. The predicted molar refractivity (Wildman–Crippen MR) is 88.5 cm³/mol. The van der Waals surface area contributed by atoms with Gasteiger partial charge in [0.05, 0.1) is 12.0 Å². The van der Waals surface area contributed by atoms with Crippen molar-refractivity contribution in [2.24, 2.45) is 0 Å². The number of nitrogens with zero attached hydrogens (tertiary/aromatic N) is 5. The van der Waals surface area contributed by atoms with Crippen LogP contribution in [0.15, 0.2) is 49.1 Å². The van der Waals surface area contributed by atoms with E-state index < -0.39 is 0 Å². The van der Waals surface area contributed by atoms with Crippen LogP contribution in [0.5, 0.6) is 0 Å². The van der Waals surface area contributed by atoms with Crippen LogP contribution in [-0.2, 0) is 11.3 Å². The van der Waals surface area contributed by atoms with Gasteiger partial charge in [0.1, 0.15) is 6.04 Å². The molecule has 2 fully saturated rings. The highest BCUT2D eigenvalue weighted by atomic mass is 16.2. The Morgan fingerprint density at radius 3 is 2.67 bits per heavy atom. The van der Waals surface area contributed by atoms with Crippen molar-refractivity contribution in [3.63, 3.8) is 0 Å². The SMILES string of the molecule is O=C1[C@H]2CN(CCn3ccnc3)CCN2C(=O)N1c1ccccc1. The molecule has 24 heavy (non-hydrogen) atoms. The van der Waals surface area contributed by atoms with Crippen LogP contribution < -0.4 is 4.90 Å². The molecule has 1 aromatic heterocycles. The van der Waals surface area contributed by atoms with Crippen molar-refractivity contribution < 1.29 is 9.59 Å². The second-order valence-electron chi connectivity index (χ2n) is 6.10. The lowest BCUT2D eigenvalue weighted by atomic mass is 10.2. The van der Waals surface area contributed by atoms with Gasteiger partial charge >= 0.3 is 6.03 Å². The molecule has 124 valence electrons. The van der Waals surface area contributed by atoms with E-state index >= 15 is 0 Å². The molecule has 3 heterocycles. The van der Waals surface area contributed by atoms with Crippen LogP contribution in [0.25, 0.3) is 0 Å². The minimum Gasteiger partial charge on any atom is -0.336 e. The molecule has 4 rings (SSSR count). The average Bonchev–Trinajstić information content (AvgIpc) is 3.21. The molecule has 0 bridgehead atoms. The van der Waals surface area contributed by atoms with E-state index in [1.54, 1.807) is 29.6 Å². The normalized spacial score (nSPS) is 21.4. The number of hydrogen-bond acceptors (Lipinski definition) is 4. The maximum atomic E-state index is 12.8. The number of amides is 3. The Morgan fingerprint density at radius 2 is 1.92 bits per heavy atom. The van der Waals surface area contributed by atoms with E-state index in [1.165, 1.54) is 4.90 Å². The van der Waals surface area contributed by atoms with Crippen LogP contribution in [0.3, 0.4) is 0 Å². The number of imidazole rings is 1. The summed E-state index contributed by atoms with van der Waals surface area (Å²) in [5.74, 6) is -0.126. The molecule has 7 heteroatoms. The second kappa shape index (κ2) is 6.09. The van der Waals surface area contributed by atoms with E-state index in [0.29, 0.717) is 18.8 Å². The second-order valence-corrected chi connectivity index (χ2v) is 6.10. The minimum atomic E-state index is -0.380. The van der Waals surface area contributed by atoms with Gasteiger partial charge in [0.2, 0.25) is 0 Å². The minimum absolute atomic E-state index is 0.126. The Bertz CT molecular complexity index is 731. The fourth-order valence-corrected chi connectivity index (χ4v) is 3.35. The van der Waals surface area contributed by atoms with Gasteiger partial charge < -0.3 is 9.47 Å². The summed E-state index contributed by atoms with van der Waals surface area (Å²) in [6, 6.07) is 8.56. The van der Waals surface area contributed by atoms with Crippen LogP contribution in [0, 0.1) is 0 Å². The summed E-state index contributed by atoms with van der Waals surface area (Å²) in [5.41, 5.74) is 0.645. The van der Waals surface area contributed by atoms with Crippen molar-refractivity contribution in [1.82, 2.24) is 19.4 Å². The highest BCUT2D eigenvalue weighted by molar-refractivity contribution is 6.21. The molecule has 0 N–H and O–H groups in total. The van der Waals surface area contributed by atoms with E-state index in [4.69, 9.17) is 0 Å². The van der Waals surface area contributed by atoms with Gasteiger partial charge in [-0.05, 0) is 12.1 Å². The lowest BCUT2D eigenvalue weighted by molar-refractivity contribution is -0.121. The van der Waals surface area contributed by atoms with Crippen molar-refractivity contribution in [2.45, 2.75) is 12.6 Å². The first-order valence-corrected chi connectivity index (χ1v) is 8.12. The maximum absolute atomic E-state index is 12.8. The molecule has 3 amide bonds. The van der Waals surface area contributed by atoms with E-state index in [1.807, 2.05) is 29.0 Å². The summed E-state index contributed by atoms with van der Waals surface area (Å²) >= 11 is 0. The molecule has 1 atom stereocenters. The van der Waals surface area contributed by atoms with Gasteiger partial charge in [0.15, 0.2) is 0 Å². The largest absolute Gasteiger partial charge is 0.336 e. The topological polar surface area (TPSA) is 61.7 Å². The quantitative estimate of drug-likeness (QED) is 0.788. The smallest absolute Gasteiger partial charge is 0.332 e. The van der Waals surface area contributed by atoms with Gasteiger partial charge in [0, 0.05) is 45.1 Å². The lowest BCUT2D eigenvalue weighted by Crippen LogP contribution is -2.53. The van der Waals surface area contributed by atoms with Crippen molar-refractivity contribution in [3.05, 3.63) is 49.1 Å². The number of para-hydroxylation sites is 1. The molecule has 0 saturated carbocycles. The van der Waals surface area contributed by atoms with Crippen LogP contribution >= 0.6 is 0 Å². The van der Waals surface area contributed by atoms with Gasteiger partial charge in [-0.1, -0.05) is 18.2 Å². The number of imide groups is 1. The highest BCUT2D eigenvalue weighted by Crippen LogP contribution is 2.27. The third-order valence-corrected chi connectivity index (χ3v) is 4.65. The van der Waals surface area contributed by atoms with Gasteiger partial charge in [-0.15, -0.1) is 0 Å². The number of aromatic nitrogens is 2. The summed E-state index contributed by atoms with van der Waals surface area (Å²) in [4.78, 5) is 34.6. The molecule has 7 nitrogen and oxygen atoms in total. The molecule has 1 aromatic carbocycles. The van der Waals surface area contributed by atoms with Crippen LogP contribution in [0.1, 0.15) is 0 Å². The monoisotopic (exact) mass is 325 g/mol. The lowest BCUT2D eigenvalue weighted by Gasteiger charge is -2.35. The van der Waals surface area contributed by atoms with Crippen molar-refractivity contribution in [1.29, 1.82) is 0 Å². The van der Waals surface area contributed by atoms with Crippen molar-refractivity contribution in [3.8, 4) is 0 Å². The Kier molecular flexibility index (Phi) is 3.78. The van der Waals surface area contributed by atoms with E-state index in [0.717, 1.165) is 19.6 Å². The maximum Gasteiger partial charge on any atom is 0.332 e. The summed E-state index contributed by atoms with van der Waals surface area (Å²) in [5, 5.41) is 0. The van der Waals surface area contributed by atoms with E-state index in [2.05, 4.69) is 9.88 Å². The van der Waals surface area contributed by atoms with Crippen LogP contribution in [-0.4, -0.2) is 63.5 Å². The summed E-state index contributed by atoms with van der Waals surface area (Å²) in [7, 11) is 0. The number of piperazine rings is 1. The third kappa shape index (κ3) is 2.56. The number of urea groups is 1. The fourth-order valence-electron chi connectivity index (χ4n) is 3.35. The summed E-state index contributed by atoms with van der Waals surface area (Å²) in [6.07, 6.45) is 5.48. The number of hydrogen-bond donors (Lipinski definition) is 0. The first kappa shape index (κ1) is 14.9. The average molecular weight is 325 g/mol. The van der Waals surface area contributed by atoms with Gasteiger partial charge in [-0.2, -0.15) is 0 Å². The van der Waals surface area contributed by atoms with Gasteiger partial charge in [-0.25, -0.2) is 14.7 Å². The number of anilines is 1. The predicted octanol–water partition coefficient (Wildman–Crippen LogP) is 1.04. The molecule has 2 aromatic rings. The molecule has 2 aliphatic heterocycles. The highest BCUT2D eigenvalue weighted by Gasteiger charge is 2.48. The molecule has 0 radical (unpaired) electrons. The Morgan fingerprint density at radius 1 is 1.08 bits per heavy atom. The molecular formula is C17H19N5O2. The Balaban J connectivity index is 1.46. The Hall–Kier alpha value is -2.67. The van der Waals surface area contributed by atoms with E-state index in [-0.39, 0.29) is 18.0 Å². The van der Waals surface area contributed by atoms with Crippen LogP contribution in [0.4, 0.5) is 10.5 Å². The summed E-state index contributed by atoms with van der Waals surface area (Å²) < 4.78 is 2.02. The van der Waals surface area contributed by atoms with Crippen LogP contribution in [0.2, 0.25) is 0 Å². The van der Waals surface area contributed by atoms with Gasteiger partial charge in [0.25, 0.3) is 5.91 Å². The summed E-state index contributed by atoms with van der Waals surface area (Å²) in [6.45, 7) is 3.63. The molecule has 2 saturated heterocycles. The van der Waals surface area contributed by atoms with E-state index in [9.17, 15) is 9.59 Å². The number of carbonyl (C=O) groups excluding carboxylic acids is 2. The number of carbonyl (C=O) groups is 2. The first-order chi connectivity index (χ1) is 11.7. The Labute approximate surface area is 140 Å². The number of fused-ring (bicyclic) bond motifs is 1. The molecule has 2 aliphatic rings. The van der Waals surface area contributed by atoms with Gasteiger partial charge in [-0.3, -0.25) is 9.69 Å². The standard InChI is InChI=1S/C17H19N5O2/c23-16-15-12-19(8-9-20-7-6-18-13-20)10-11-21(15)17(24)22(16)14-4-2-1-3-5-14/h1-7,13,15H,8-12H2/t15-/m1/s1. The van der Waals surface area contributed by atoms with Crippen molar-refractivity contribution in [2.75, 3.05) is 31.1 Å². The molecular weight excluding hydrogens is 306 g/mol. The zero-order valence-electron chi connectivity index (χ0n) is 13.3. The van der Waals surface area contributed by atoms with Crippen molar-refractivity contribution >= 4 is 17.6 Å². The number of rotatable bonds is 4.